The van der Waals surface area contributed by atoms with Crippen molar-refractivity contribution in [2.45, 2.75) is 46.1 Å². The van der Waals surface area contributed by atoms with Crippen LogP contribution in [0.5, 0.6) is 0 Å². The van der Waals surface area contributed by atoms with Gasteiger partial charge in [0.15, 0.2) is 0 Å². The van der Waals surface area contributed by atoms with Crippen LogP contribution in [0.1, 0.15) is 38.9 Å². The van der Waals surface area contributed by atoms with E-state index in [0.717, 1.165) is 25.2 Å². The predicted molar refractivity (Wildman–Crippen MR) is 48.9 cm³/mol. The number of aryl methyl sites for hydroxylation is 2. The highest BCUT2D eigenvalue weighted by atomic mass is 15.3. The van der Waals surface area contributed by atoms with Crippen LogP contribution in [0.2, 0.25) is 0 Å². The number of hydrogen-bond acceptors (Lipinski definition) is 2. The summed E-state index contributed by atoms with van der Waals surface area (Å²) in [6.07, 6.45) is 6.47. The molecule has 0 radical (unpaired) electrons. The highest BCUT2D eigenvalue weighted by Crippen LogP contribution is 2.01. The summed E-state index contributed by atoms with van der Waals surface area (Å²) in [4.78, 5) is 0. The van der Waals surface area contributed by atoms with Crippen molar-refractivity contribution in [2.75, 3.05) is 0 Å². The van der Waals surface area contributed by atoms with Crippen molar-refractivity contribution in [1.29, 1.82) is 0 Å². The van der Waals surface area contributed by atoms with E-state index in [1.54, 1.807) is 0 Å². The van der Waals surface area contributed by atoms with Crippen LogP contribution in [-0.2, 0) is 13.0 Å². The number of aromatic nitrogens is 3. The fourth-order valence-electron chi connectivity index (χ4n) is 1.21. The van der Waals surface area contributed by atoms with Crippen LogP contribution in [0.15, 0.2) is 6.33 Å². The molecule has 1 aromatic heterocycles. The van der Waals surface area contributed by atoms with Gasteiger partial charge in [0.2, 0.25) is 0 Å². The molecule has 0 atom stereocenters. The lowest BCUT2D eigenvalue weighted by atomic mass is 10.3. The molecule has 0 saturated carbocycles. The number of hydrogen-bond donors (Lipinski definition) is 0. The van der Waals surface area contributed by atoms with Crippen molar-refractivity contribution in [3.05, 3.63) is 12.2 Å². The normalized spacial score (nSPS) is 10.5. The summed E-state index contributed by atoms with van der Waals surface area (Å²) in [6, 6.07) is 0. The van der Waals surface area contributed by atoms with E-state index in [1.807, 2.05) is 6.33 Å². The van der Waals surface area contributed by atoms with E-state index in [4.69, 9.17) is 0 Å². The van der Waals surface area contributed by atoms with Gasteiger partial charge in [-0.2, -0.15) is 0 Å². The lowest BCUT2D eigenvalue weighted by molar-refractivity contribution is 0.597. The quantitative estimate of drug-likeness (QED) is 0.671. The average molecular weight is 167 g/mol. The maximum Gasteiger partial charge on any atom is 0.132 e. The molecule has 0 aliphatic rings. The third-order valence-electron chi connectivity index (χ3n) is 1.92. The molecule has 3 heteroatoms. The van der Waals surface area contributed by atoms with Gasteiger partial charge >= 0.3 is 0 Å². The zero-order valence-electron chi connectivity index (χ0n) is 7.95. The third-order valence-corrected chi connectivity index (χ3v) is 1.92. The molecule has 1 aromatic rings. The standard InChI is InChI=1S/C9H17N3/c1-3-5-7-12-8-10-11-9(12)6-4-2/h8H,3-7H2,1-2H3. The Hall–Kier alpha value is -0.860. The SMILES string of the molecule is CCCCn1cnnc1CCC. The number of nitrogens with zero attached hydrogens (tertiary/aromatic N) is 3. The van der Waals surface area contributed by atoms with Gasteiger partial charge in [-0.25, -0.2) is 0 Å². The fourth-order valence-corrected chi connectivity index (χ4v) is 1.21. The van der Waals surface area contributed by atoms with E-state index < -0.39 is 0 Å². The van der Waals surface area contributed by atoms with E-state index >= 15 is 0 Å². The Morgan fingerprint density at radius 1 is 1.33 bits per heavy atom. The van der Waals surface area contributed by atoms with Crippen LogP contribution in [0.3, 0.4) is 0 Å². The summed E-state index contributed by atoms with van der Waals surface area (Å²) in [6.45, 7) is 5.43. The van der Waals surface area contributed by atoms with Crippen molar-refractivity contribution >= 4 is 0 Å². The Morgan fingerprint density at radius 2 is 2.17 bits per heavy atom. The van der Waals surface area contributed by atoms with Crippen LogP contribution < -0.4 is 0 Å². The number of unbranched alkanes of at least 4 members (excludes halogenated alkanes) is 1. The second-order valence-electron chi connectivity index (χ2n) is 3.04. The Labute approximate surface area is 73.8 Å². The first kappa shape index (κ1) is 9.23. The Kier molecular flexibility index (Phi) is 3.77. The molecule has 0 amide bonds. The molecular formula is C9H17N3. The maximum atomic E-state index is 4.07. The summed E-state index contributed by atoms with van der Waals surface area (Å²) in [5.74, 6) is 1.13. The van der Waals surface area contributed by atoms with Crippen LogP contribution in [0.4, 0.5) is 0 Å². The van der Waals surface area contributed by atoms with E-state index in [0.29, 0.717) is 0 Å². The second kappa shape index (κ2) is 4.91. The molecule has 0 aliphatic heterocycles. The lowest BCUT2D eigenvalue weighted by Gasteiger charge is -2.03. The first-order chi connectivity index (χ1) is 5.88. The maximum absolute atomic E-state index is 4.07. The fraction of sp³-hybridized carbons (Fsp3) is 0.778. The van der Waals surface area contributed by atoms with Gasteiger partial charge in [-0.1, -0.05) is 20.3 Å². The van der Waals surface area contributed by atoms with Gasteiger partial charge in [0.1, 0.15) is 12.2 Å². The molecule has 0 aromatic carbocycles. The van der Waals surface area contributed by atoms with Crippen molar-refractivity contribution in [3.63, 3.8) is 0 Å². The first-order valence-corrected chi connectivity index (χ1v) is 4.75. The Bertz CT molecular complexity index is 217. The highest BCUT2D eigenvalue weighted by molar-refractivity contribution is 4.85. The molecule has 1 rings (SSSR count). The summed E-state index contributed by atoms with van der Waals surface area (Å²) < 4.78 is 2.16. The van der Waals surface area contributed by atoms with Gasteiger partial charge in [-0.05, 0) is 12.8 Å². The van der Waals surface area contributed by atoms with Crippen LogP contribution >= 0.6 is 0 Å². The zero-order valence-corrected chi connectivity index (χ0v) is 7.95. The zero-order chi connectivity index (χ0) is 8.81. The van der Waals surface area contributed by atoms with Crippen LogP contribution in [0, 0.1) is 0 Å². The Balaban J connectivity index is 2.51. The summed E-state index contributed by atoms with van der Waals surface area (Å²) in [5.41, 5.74) is 0. The molecule has 68 valence electrons. The molecule has 0 bridgehead atoms. The third kappa shape index (κ3) is 2.32. The minimum atomic E-state index is 1.05. The average Bonchev–Trinajstić information content (AvgIpc) is 2.50. The van der Waals surface area contributed by atoms with E-state index in [2.05, 4.69) is 28.6 Å². The van der Waals surface area contributed by atoms with Crippen molar-refractivity contribution in [3.8, 4) is 0 Å². The highest BCUT2D eigenvalue weighted by Gasteiger charge is 2.00. The molecule has 3 nitrogen and oxygen atoms in total. The van der Waals surface area contributed by atoms with Gasteiger partial charge in [0.05, 0.1) is 0 Å². The summed E-state index contributed by atoms with van der Waals surface area (Å²) >= 11 is 0. The van der Waals surface area contributed by atoms with E-state index in [1.165, 1.54) is 12.8 Å². The lowest BCUT2D eigenvalue weighted by Crippen LogP contribution is -2.02. The molecule has 1 heterocycles. The largest absolute Gasteiger partial charge is 0.318 e. The topological polar surface area (TPSA) is 30.7 Å². The summed E-state index contributed by atoms with van der Waals surface area (Å²) in [7, 11) is 0. The monoisotopic (exact) mass is 167 g/mol. The summed E-state index contributed by atoms with van der Waals surface area (Å²) in [5, 5.41) is 7.98. The van der Waals surface area contributed by atoms with Gasteiger partial charge in [-0.15, -0.1) is 10.2 Å². The minimum Gasteiger partial charge on any atom is -0.318 e. The van der Waals surface area contributed by atoms with Crippen molar-refractivity contribution in [2.24, 2.45) is 0 Å². The predicted octanol–water partition coefficient (Wildman–Crippen LogP) is 2.03. The second-order valence-corrected chi connectivity index (χ2v) is 3.04. The molecule has 0 spiro atoms. The molecular weight excluding hydrogens is 150 g/mol. The van der Waals surface area contributed by atoms with Gasteiger partial charge < -0.3 is 4.57 Å². The smallest absolute Gasteiger partial charge is 0.132 e. The van der Waals surface area contributed by atoms with E-state index in [-0.39, 0.29) is 0 Å². The Morgan fingerprint density at radius 3 is 2.83 bits per heavy atom. The van der Waals surface area contributed by atoms with E-state index in [9.17, 15) is 0 Å². The van der Waals surface area contributed by atoms with Gasteiger partial charge in [-0.3, -0.25) is 0 Å². The molecule has 0 fully saturated rings. The number of rotatable bonds is 5. The molecule has 0 unspecified atom stereocenters. The first-order valence-electron chi connectivity index (χ1n) is 4.75. The molecule has 0 saturated heterocycles. The van der Waals surface area contributed by atoms with Crippen LogP contribution in [-0.4, -0.2) is 14.8 Å². The van der Waals surface area contributed by atoms with Crippen LogP contribution in [0.25, 0.3) is 0 Å². The van der Waals surface area contributed by atoms with Gasteiger partial charge in [0, 0.05) is 13.0 Å². The molecule has 0 N–H and O–H groups in total. The molecule has 12 heavy (non-hydrogen) atoms. The van der Waals surface area contributed by atoms with Gasteiger partial charge in [0.25, 0.3) is 0 Å². The minimum absolute atomic E-state index is 1.05. The van der Waals surface area contributed by atoms with Crippen molar-refractivity contribution < 1.29 is 0 Å². The molecule has 0 aliphatic carbocycles. The van der Waals surface area contributed by atoms with Crippen molar-refractivity contribution in [1.82, 2.24) is 14.8 Å².